The van der Waals surface area contributed by atoms with Crippen LogP contribution in [-0.4, -0.2) is 9.97 Å². The van der Waals surface area contributed by atoms with E-state index >= 15 is 0 Å². The number of aromatic nitrogens is 2. The van der Waals surface area contributed by atoms with Crippen molar-refractivity contribution in [2.75, 3.05) is 5.73 Å². The molecule has 5 N–H and O–H groups in total. The lowest BCUT2D eigenvalue weighted by atomic mass is 10.0. The standard InChI is InChI=1S/C11H12ClN5/c12-7-5-8(11(13)16-6-7)10(17-14)9-3-1-2-4-15-9/h1-6,10,17H,14H2,(H2,13,16). The molecule has 1 unspecified atom stereocenters. The number of hydrogen-bond acceptors (Lipinski definition) is 5. The SMILES string of the molecule is NNC(c1ccccn1)c1cc(Cl)cnc1N. The van der Waals surface area contributed by atoms with Crippen molar-refractivity contribution in [2.24, 2.45) is 5.84 Å². The highest BCUT2D eigenvalue weighted by molar-refractivity contribution is 6.30. The Labute approximate surface area is 104 Å². The third kappa shape index (κ3) is 2.52. The summed E-state index contributed by atoms with van der Waals surface area (Å²) in [6.07, 6.45) is 3.18. The maximum absolute atomic E-state index is 5.90. The first kappa shape index (κ1) is 11.8. The topological polar surface area (TPSA) is 89.8 Å². The monoisotopic (exact) mass is 249 g/mol. The molecule has 1 atom stereocenters. The van der Waals surface area contributed by atoms with E-state index < -0.39 is 0 Å². The van der Waals surface area contributed by atoms with Gasteiger partial charge in [-0.05, 0) is 18.2 Å². The number of hydrazine groups is 1. The van der Waals surface area contributed by atoms with Crippen molar-refractivity contribution in [2.45, 2.75) is 6.04 Å². The first-order valence-corrected chi connectivity index (χ1v) is 5.38. The molecule has 0 fully saturated rings. The molecule has 0 amide bonds. The lowest BCUT2D eigenvalue weighted by Gasteiger charge is -2.17. The zero-order valence-corrected chi connectivity index (χ0v) is 9.72. The second-order valence-corrected chi connectivity index (χ2v) is 3.92. The third-order valence-corrected chi connectivity index (χ3v) is 2.58. The smallest absolute Gasteiger partial charge is 0.128 e. The molecule has 0 aliphatic carbocycles. The number of pyridine rings is 2. The fourth-order valence-corrected chi connectivity index (χ4v) is 1.74. The van der Waals surface area contributed by atoms with Gasteiger partial charge in [0.25, 0.3) is 0 Å². The van der Waals surface area contributed by atoms with Crippen LogP contribution in [0, 0.1) is 0 Å². The average Bonchev–Trinajstić information content (AvgIpc) is 2.36. The molecule has 2 rings (SSSR count). The molecule has 0 saturated carbocycles. The molecule has 2 heterocycles. The predicted octanol–water partition coefficient (Wildman–Crippen LogP) is 1.26. The maximum Gasteiger partial charge on any atom is 0.128 e. The highest BCUT2D eigenvalue weighted by Crippen LogP contribution is 2.25. The Balaban J connectivity index is 2.46. The third-order valence-electron chi connectivity index (χ3n) is 2.38. The normalized spacial score (nSPS) is 12.4. The minimum Gasteiger partial charge on any atom is -0.383 e. The van der Waals surface area contributed by atoms with Gasteiger partial charge in [0, 0.05) is 18.0 Å². The van der Waals surface area contributed by atoms with E-state index in [2.05, 4.69) is 15.4 Å². The van der Waals surface area contributed by atoms with Crippen molar-refractivity contribution < 1.29 is 0 Å². The molecule has 0 aromatic carbocycles. The van der Waals surface area contributed by atoms with E-state index in [4.69, 9.17) is 23.2 Å². The lowest BCUT2D eigenvalue weighted by molar-refractivity contribution is 0.620. The number of nitrogen functional groups attached to an aromatic ring is 1. The summed E-state index contributed by atoms with van der Waals surface area (Å²) >= 11 is 5.90. The molecule has 17 heavy (non-hydrogen) atoms. The van der Waals surface area contributed by atoms with Crippen molar-refractivity contribution in [1.82, 2.24) is 15.4 Å². The zero-order chi connectivity index (χ0) is 12.3. The molecule has 2 aromatic heterocycles. The number of rotatable bonds is 3. The molecular weight excluding hydrogens is 238 g/mol. The Morgan fingerprint density at radius 1 is 1.29 bits per heavy atom. The van der Waals surface area contributed by atoms with Crippen LogP contribution in [0.5, 0.6) is 0 Å². The molecule has 0 radical (unpaired) electrons. The number of nitrogens with one attached hydrogen (secondary N) is 1. The average molecular weight is 250 g/mol. The van der Waals surface area contributed by atoms with Crippen LogP contribution in [0.2, 0.25) is 5.02 Å². The molecule has 0 aliphatic heterocycles. The second kappa shape index (κ2) is 5.09. The summed E-state index contributed by atoms with van der Waals surface area (Å²) in [5.74, 6) is 5.92. The highest BCUT2D eigenvalue weighted by Gasteiger charge is 2.17. The Kier molecular flexibility index (Phi) is 3.53. The number of halogens is 1. The molecule has 6 heteroatoms. The van der Waals surface area contributed by atoms with E-state index in [0.717, 1.165) is 5.69 Å². The van der Waals surface area contributed by atoms with Crippen molar-refractivity contribution in [3.8, 4) is 0 Å². The predicted molar refractivity (Wildman–Crippen MR) is 67.1 cm³/mol. The molecule has 0 spiro atoms. The van der Waals surface area contributed by atoms with Crippen LogP contribution in [0.4, 0.5) is 5.82 Å². The minimum atomic E-state index is -0.331. The van der Waals surface area contributed by atoms with Crippen LogP contribution >= 0.6 is 11.6 Å². The molecule has 5 nitrogen and oxygen atoms in total. The van der Waals surface area contributed by atoms with Gasteiger partial charge >= 0.3 is 0 Å². The van der Waals surface area contributed by atoms with Gasteiger partial charge in [0.2, 0.25) is 0 Å². The zero-order valence-electron chi connectivity index (χ0n) is 8.97. The summed E-state index contributed by atoms with van der Waals surface area (Å²) in [5, 5.41) is 0.505. The first-order chi connectivity index (χ1) is 8.22. The van der Waals surface area contributed by atoms with E-state index in [1.165, 1.54) is 6.20 Å². The molecule has 0 saturated heterocycles. The van der Waals surface area contributed by atoms with E-state index in [0.29, 0.717) is 16.4 Å². The van der Waals surface area contributed by atoms with Gasteiger partial charge in [0.15, 0.2) is 0 Å². The summed E-state index contributed by atoms with van der Waals surface area (Å²) in [4.78, 5) is 8.22. The van der Waals surface area contributed by atoms with E-state index in [9.17, 15) is 0 Å². The number of hydrogen-bond donors (Lipinski definition) is 3. The van der Waals surface area contributed by atoms with Gasteiger partial charge in [0.1, 0.15) is 5.82 Å². The fourth-order valence-electron chi connectivity index (χ4n) is 1.58. The van der Waals surface area contributed by atoms with Gasteiger partial charge in [-0.15, -0.1) is 0 Å². The van der Waals surface area contributed by atoms with E-state index in [1.54, 1.807) is 12.3 Å². The maximum atomic E-state index is 5.90. The molecule has 0 bridgehead atoms. The van der Waals surface area contributed by atoms with Crippen LogP contribution in [0.1, 0.15) is 17.3 Å². The van der Waals surface area contributed by atoms with Gasteiger partial charge < -0.3 is 5.73 Å². The Morgan fingerprint density at radius 3 is 2.76 bits per heavy atom. The first-order valence-electron chi connectivity index (χ1n) is 5.00. The van der Waals surface area contributed by atoms with Crippen LogP contribution in [0.25, 0.3) is 0 Å². The summed E-state index contributed by atoms with van der Waals surface area (Å²) < 4.78 is 0. The molecule has 88 valence electrons. The minimum absolute atomic E-state index is 0.331. The Bertz CT molecular complexity index is 502. The number of nitrogens with two attached hydrogens (primary N) is 2. The number of nitrogens with zero attached hydrogens (tertiary/aromatic N) is 2. The van der Waals surface area contributed by atoms with E-state index in [1.807, 2.05) is 18.2 Å². The van der Waals surface area contributed by atoms with Crippen molar-refractivity contribution >= 4 is 17.4 Å². The van der Waals surface area contributed by atoms with Crippen molar-refractivity contribution in [3.63, 3.8) is 0 Å². The molecule has 0 aliphatic rings. The van der Waals surface area contributed by atoms with Crippen LogP contribution < -0.4 is 17.0 Å². The second-order valence-electron chi connectivity index (χ2n) is 3.48. The highest BCUT2D eigenvalue weighted by atomic mass is 35.5. The quantitative estimate of drug-likeness (QED) is 0.563. The van der Waals surface area contributed by atoms with E-state index in [-0.39, 0.29) is 6.04 Å². The number of anilines is 1. The summed E-state index contributed by atoms with van der Waals surface area (Å²) in [6.45, 7) is 0. The van der Waals surface area contributed by atoms with Crippen LogP contribution in [0.15, 0.2) is 36.7 Å². The molecular formula is C11H12ClN5. The Morgan fingerprint density at radius 2 is 2.12 bits per heavy atom. The van der Waals surface area contributed by atoms with Gasteiger partial charge in [-0.2, -0.15) is 0 Å². The summed E-state index contributed by atoms with van der Waals surface area (Å²) in [7, 11) is 0. The van der Waals surface area contributed by atoms with Crippen molar-refractivity contribution in [1.29, 1.82) is 0 Å². The van der Waals surface area contributed by atoms with Gasteiger partial charge in [-0.25, -0.2) is 10.4 Å². The fraction of sp³-hybridized carbons (Fsp3) is 0.0909. The lowest BCUT2D eigenvalue weighted by Crippen LogP contribution is -2.30. The van der Waals surface area contributed by atoms with Gasteiger partial charge in [-0.1, -0.05) is 17.7 Å². The Hall–Kier alpha value is -1.69. The molecule has 2 aromatic rings. The van der Waals surface area contributed by atoms with Crippen LogP contribution in [-0.2, 0) is 0 Å². The van der Waals surface area contributed by atoms with Crippen molar-refractivity contribution in [3.05, 3.63) is 52.9 Å². The largest absolute Gasteiger partial charge is 0.383 e. The van der Waals surface area contributed by atoms with Gasteiger partial charge in [-0.3, -0.25) is 10.8 Å². The summed E-state index contributed by atoms with van der Waals surface area (Å²) in [6, 6.07) is 6.95. The van der Waals surface area contributed by atoms with Crippen LogP contribution in [0.3, 0.4) is 0 Å². The van der Waals surface area contributed by atoms with Gasteiger partial charge in [0.05, 0.1) is 16.8 Å². The summed E-state index contributed by atoms with van der Waals surface area (Å²) in [5.41, 5.74) is 9.93.